The number of pyridine rings is 1. The van der Waals surface area contributed by atoms with Gasteiger partial charge in [0.25, 0.3) is 0 Å². The summed E-state index contributed by atoms with van der Waals surface area (Å²) < 4.78 is 5.23. The van der Waals surface area contributed by atoms with Gasteiger partial charge in [-0.05, 0) is 0 Å². The minimum absolute atomic E-state index is 0.235. The molecule has 0 amide bonds. The fourth-order valence-corrected chi connectivity index (χ4v) is 1.60. The van der Waals surface area contributed by atoms with E-state index in [2.05, 4.69) is 9.88 Å². The van der Waals surface area contributed by atoms with Gasteiger partial charge in [0.1, 0.15) is 0 Å². The molecule has 0 aliphatic carbocycles. The standard InChI is InChI=1S/C10H14N2O3/c13-9-5-8(11-6-10(9)14)7-12-1-3-15-4-2-12/h5-6,14H,1-4,7H2,(H,11,13). The topological polar surface area (TPSA) is 65.6 Å². The molecule has 0 bridgehead atoms. The van der Waals surface area contributed by atoms with Crippen LogP contribution in [0.5, 0.6) is 5.75 Å². The molecule has 0 saturated carbocycles. The summed E-state index contributed by atoms with van der Waals surface area (Å²) in [4.78, 5) is 16.3. The van der Waals surface area contributed by atoms with Crippen LogP contribution in [0.4, 0.5) is 0 Å². The Morgan fingerprint density at radius 2 is 2.20 bits per heavy atom. The minimum atomic E-state index is -0.336. The zero-order valence-electron chi connectivity index (χ0n) is 8.40. The number of ether oxygens (including phenoxy) is 1. The summed E-state index contributed by atoms with van der Waals surface area (Å²) in [5.74, 6) is -0.235. The second-order valence-corrected chi connectivity index (χ2v) is 3.60. The van der Waals surface area contributed by atoms with E-state index in [0.29, 0.717) is 6.54 Å². The molecule has 82 valence electrons. The normalized spacial score (nSPS) is 17.9. The van der Waals surface area contributed by atoms with Gasteiger partial charge in [0.05, 0.1) is 13.2 Å². The summed E-state index contributed by atoms with van der Waals surface area (Å²) in [6, 6.07) is 1.44. The number of rotatable bonds is 2. The lowest BCUT2D eigenvalue weighted by molar-refractivity contribution is 0.0336. The van der Waals surface area contributed by atoms with Gasteiger partial charge in [-0.3, -0.25) is 9.69 Å². The van der Waals surface area contributed by atoms with Gasteiger partial charge in [0.2, 0.25) is 5.43 Å². The van der Waals surface area contributed by atoms with E-state index in [1.807, 2.05) is 0 Å². The molecule has 0 aromatic carbocycles. The first-order valence-electron chi connectivity index (χ1n) is 4.96. The van der Waals surface area contributed by atoms with E-state index >= 15 is 0 Å². The Bertz CT molecular complexity index is 382. The van der Waals surface area contributed by atoms with Crippen LogP contribution in [0.15, 0.2) is 17.1 Å². The molecule has 1 aromatic heterocycles. The van der Waals surface area contributed by atoms with Gasteiger partial charge in [-0.1, -0.05) is 0 Å². The number of nitrogens with zero attached hydrogens (tertiary/aromatic N) is 1. The molecule has 1 aromatic rings. The number of H-pyrrole nitrogens is 1. The van der Waals surface area contributed by atoms with Gasteiger partial charge in [0, 0.05) is 37.6 Å². The molecule has 1 fully saturated rings. The zero-order valence-corrected chi connectivity index (χ0v) is 8.40. The van der Waals surface area contributed by atoms with E-state index in [-0.39, 0.29) is 11.2 Å². The van der Waals surface area contributed by atoms with Gasteiger partial charge in [-0.25, -0.2) is 0 Å². The van der Waals surface area contributed by atoms with E-state index in [9.17, 15) is 4.79 Å². The third-order valence-corrected chi connectivity index (χ3v) is 2.45. The summed E-state index contributed by atoms with van der Waals surface area (Å²) >= 11 is 0. The predicted octanol–water partition coefficient (Wildman–Crippen LogP) is -0.0873. The second kappa shape index (κ2) is 4.46. The molecular weight excluding hydrogens is 196 g/mol. The Morgan fingerprint density at radius 3 is 2.87 bits per heavy atom. The fraction of sp³-hybridized carbons (Fsp3) is 0.500. The van der Waals surface area contributed by atoms with Crippen molar-refractivity contribution in [2.24, 2.45) is 0 Å². The molecular formula is C10H14N2O3. The van der Waals surface area contributed by atoms with E-state index in [4.69, 9.17) is 9.84 Å². The van der Waals surface area contributed by atoms with Crippen LogP contribution in [0, 0.1) is 0 Å². The number of nitrogens with one attached hydrogen (secondary N) is 1. The van der Waals surface area contributed by atoms with Crippen molar-refractivity contribution in [3.8, 4) is 5.75 Å². The molecule has 0 atom stereocenters. The van der Waals surface area contributed by atoms with Crippen molar-refractivity contribution in [2.45, 2.75) is 6.54 Å². The van der Waals surface area contributed by atoms with Crippen LogP contribution < -0.4 is 5.43 Å². The Labute approximate surface area is 87.3 Å². The first kappa shape index (κ1) is 10.2. The summed E-state index contributed by atoms with van der Waals surface area (Å²) in [6.07, 6.45) is 1.33. The Hall–Kier alpha value is -1.33. The molecule has 1 aliphatic rings. The number of aromatic amines is 1. The maximum absolute atomic E-state index is 11.2. The molecule has 0 spiro atoms. The lowest BCUT2D eigenvalue weighted by atomic mass is 10.3. The van der Waals surface area contributed by atoms with Crippen LogP contribution in [0.25, 0.3) is 0 Å². The van der Waals surface area contributed by atoms with Crippen molar-refractivity contribution < 1.29 is 9.84 Å². The van der Waals surface area contributed by atoms with Crippen LogP contribution >= 0.6 is 0 Å². The van der Waals surface area contributed by atoms with Gasteiger partial charge in [-0.15, -0.1) is 0 Å². The zero-order chi connectivity index (χ0) is 10.7. The molecule has 2 rings (SSSR count). The lowest BCUT2D eigenvalue weighted by Crippen LogP contribution is -2.36. The summed E-state index contributed by atoms with van der Waals surface area (Å²) in [7, 11) is 0. The fourth-order valence-electron chi connectivity index (χ4n) is 1.60. The van der Waals surface area contributed by atoms with Gasteiger partial charge < -0.3 is 14.8 Å². The molecule has 15 heavy (non-hydrogen) atoms. The van der Waals surface area contributed by atoms with Crippen molar-refractivity contribution >= 4 is 0 Å². The summed E-state index contributed by atoms with van der Waals surface area (Å²) in [6.45, 7) is 3.93. The average Bonchev–Trinajstić information content (AvgIpc) is 2.25. The predicted molar refractivity (Wildman–Crippen MR) is 54.8 cm³/mol. The molecule has 1 saturated heterocycles. The maximum atomic E-state index is 11.2. The summed E-state index contributed by atoms with van der Waals surface area (Å²) in [5.41, 5.74) is 0.483. The number of hydrogen-bond donors (Lipinski definition) is 2. The molecule has 5 nitrogen and oxygen atoms in total. The van der Waals surface area contributed by atoms with Gasteiger partial charge in [0.15, 0.2) is 5.75 Å². The monoisotopic (exact) mass is 210 g/mol. The van der Waals surface area contributed by atoms with E-state index < -0.39 is 0 Å². The highest BCUT2D eigenvalue weighted by Crippen LogP contribution is 2.04. The largest absolute Gasteiger partial charge is 0.503 e. The highest BCUT2D eigenvalue weighted by molar-refractivity contribution is 5.18. The molecule has 2 heterocycles. The number of hydrogen-bond acceptors (Lipinski definition) is 4. The average molecular weight is 210 g/mol. The van der Waals surface area contributed by atoms with Crippen LogP contribution in [-0.2, 0) is 11.3 Å². The van der Waals surface area contributed by atoms with E-state index in [1.165, 1.54) is 12.3 Å². The van der Waals surface area contributed by atoms with Crippen LogP contribution in [-0.4, -0.2) is 41.3 Å². The Kier molecular flexibility index (Phi) is 3.03. The van der Waals surface area contributed by atoms with E-state index in [1.54, 1.807) is 0 Å². The van der Waals surface area contributed by atoms with Gasteiger partial charge in [-0.2, -0.15) is 0 Å². The lowest BCUT2D eigenvalue weighted by Gasteiger charge is -2.26. The SMILES string of the molecule is O=c1cc(CN2CCOCC2)[nH]cc1O. The molecule has 0 unspecified atom stereocenters. The number of aromatic nitrogens is 1. The quantitative estimate of drug-likeness (QED) is 0.716. The Balaban J connectivity index is 2.03. The third-order valence-electron chi connectivity index (χ3n) is 2.45. The highest BCUT2D eigenvalue weighted by atomic mass is 16.5. The second-order valence-electron chi connectivity index (χ2n) is 3.60. The first-order valence-corrected chi connectivity index (χ1v) is 4.96. The Morgan fingerprint density at radius 1 is 1.47 bits per heavy atom. The van der Waals surface area contributed by atoms with Crippen molar-refractivity contribution in [3.05, 3.63) is 28.2 Å². The molecule has 0 radical (unpaired) electrons. The summed E-state index contributed by atoms with van der Waals surface area (Å²) in [5, 5.41) is 9.07. The molecule has 2 N–H and O–H groups in total. The van der Waals surface area contributed by atoms with Crippen LogP contribution in [0.3, 0.4) is 0 Å². The van der Waals surface area contributed by atoms with Crippen molar-refractivity contribution in [1.82, 2.24) is 9.88 Å². The van der Waals surface area contributed by atoms with Gasteiger partial charge >= 0.3 is 0 Å². The highest BCUT2D eigenvalue weighted by Gasteiger charge is 2.11. The number of aromatic hydroxyl groups is 1. The third kappa shape index (κ3) is 2.57. The molecule has 5 heteroatoms. The minimum Gasteiger partial charge on any atom is -0.503 e. The van der Waals surface area contributed by atoms with Crippen LogP contribution in [0.2, 0.25) is 0 Å². The van der Waals surface area contributed by atoms with Crippen molar-refractivity contribution in [2.75, 3.05) is 26.3 Å². The van der Waals surface area contributed by atoms with Crippen molar-refractivity contribution in [1.29, 1.82) is 0 Å². The molecule has 1 aliphatic heterocycles. The number of morpholine rings is 1. The van der Waals surface area contributed by atoms with Crippen molar-refractivity contribution in [3.63, 3.8) is 0 Å². The smallest absolute Gasteiger partial charge is 0.223 e. The maximum Gasteiger partial charge on any atom is 0.223 e. The first-order chi connectivity index (χ1) is 7.25. The van der Waals surface area contributed by atoms with E-state index in [0.717, 1.165) is 32.0 Å². The van der Waals surface area contributed by atoms with Crippen LogP contribution in [0.1, 0.15) is 5.69 Å².